The highest BCUT2D eigenvalue weighted by Gasteiger charge is 2.24. The smallest absolute Gasteiger partial charge is 0.315 e. The van der Waals surface area contributed by atoms with Crippen LogP contribution in [0.15, 0.2) is 51.6 Å². The zero-order valence-corrected chi connectivity index (χ0v) is 13.5. The molecule has 0 aliphatic heterocycles. The molecule has 0 unspecified atom stereocenters. The van der Waals surface area contributed by atoms with Gasteiger partial charge in [-0.2, -0.15) is 11.3 Å². The van der Waals surface area contributed by atoms with E-state index < -0.39 is 5.60 Å². The molecule has 2 amide bonds. The lowest BCUT2D eigenvalue weighted by Gasteiger charge is -2.22. The number of carbonyl (C=O) groups excluding carboxylic acids is 1. The summed E-state index contributed by atoms with van der Waals surface area (Å²) in [5, 5.41) is 20.5. The number of rotatable bonds is 5. The highest BCUT2D eigenvalue weighted by molar-refractivity contribution is 7.08. The van der Waals surface area contributed by atoms with Crippen LogP contribution < -0.4 is 10.6 Å². The monoisotopic (exact) mass is 330 g/mol. The van der Waals surface area contributed by atoms with Crippen molar-refractivity contribution in [2.45, 2.75) is 19.1 Å². The van der Waals surface area contributed by atoms with Crippen LogP contribution in [0.2, 0.25) is 0 Å². The number of benzene rings is 1. The molecule has 1 atom stereocenters. The molecule has 0 fully saturated rings. The van der Waals surface area contributed by atoms with Gasteiger partial charge in [0.25, 0.3) is 0 Å². The number of urea groups is 1. The number of para-hydroxylation sites is 1. The number of nitrogens with one attached hydrogen (secondary N) is 2. The maximum Gasteiger partial charge on any atom is 0.315 e. The molecule has 2 aromatic heterocycles. The summed E-state index contributed by atoms with van der Waals surface area (Å²) in [7, 11) is 0. The number of carbonyl (C=O) groups is 1. The molecule has 6 heteroatoms. The molecule has 3 N–H and O–H groups in total. The van der Waals surface area contributed by atoms with E-state index in [4.69, 9.17) is 4.42 Å². The second kappa shape index (κ2) is 6.44. The van der Waals surface area contributed by atoms with Crippen molar-refractivity contribution in [2.75, 3.05) is 6.54 Å². The minimum atomic E-state index is -1.09. The largest absolute Gasteiger partial charge is 0.459 e. The Bertz CT molecular complexity index is 760. The van der Waals surface area contributed by atoms with E-state index >= 15 is 0 Å². The van der Waals surface area contributed by atoms with Gasteiger partial charge in [0.15, 0.2) is 0 Å². The molecule has 0 radical (unpaired) electrons. The summed E-state index contributed by atoms with van der Waals surface area (Å²) >= 11 is 1.51. The van der Waals surface area contributed by atoms with Gasteiger partial charge in [-0.15, -0.1) is 0 Å². The van der Waals surface area contributed by atoms with Gasteiger partial charge in [0.1, 0.15) is 16.9 Å². The molecule has 0 aliphatic rings. The normalized spacial score (nSPS) is 13.7. The van der Waals surface area contributed by atoms with E-state index in [9.17, 15) is 9.90 Å². The van der Waals surface area contributed by atoms with E-state index in [-0.39, 0.29) is 12.6 Å². The van der Waals surface area contributed by atoms with Gasteiger partial charge >= 0.3 is 6.03 Å². The van der Waals surface area contributed by atoms with Gasteiger partial charge in [-0.1, -0.05) is 18.2 Å². The predicted molar refractivity (Wildman–Crippen MR) is 90.3 cm³/mol. The van der Waals surface area contributed by atoms with Gasteiger partial charge < -0.3 is 20.2 Å². The molecule has 23 heavy (non-hydrogen) atoms. The van der Waals surface area contributed by atoms with Crippen molar-refractivity contribution in [1.29, 1.82) is 0 Å². The molecule has 1 aromatic carbocycles. The molecule has 5 nitrogen and oxygen atoms in total. The molecule has 3 rings (SSSR count). The molecule has 2 heterocycles. The molecule has 0 bridgehead atoms. The molecule has 0 saturated carbocycles. The number of amides is 2. The second-order valence-corrected chi connectivity index (χ2v) is 6.35. The first-order valence-corrected chi connectivity index (χ1v) is 8.23. The van der Waals surface area contributed by atoms with E-state index in [1.807, 2.05) is 47.2 Å². The first-order valence-electron chi connectivity index (χ1n) is 7.29. The minimum absolute atomic E-state index is 0.135. The third-order valence-corrected chi connectivity index (χ3v) is 4.32. The summed E-state index contributed by atoms with van der Waals surface area (Å²) in [4.78, 5) is 11.9. The Morgan fingerprint density at radius 3 is 2.87 bits per heavy atom. The van der Waals surface area contributed by atoms with Crippen molar-refractivity contribution in [3.8, 4) is 0 Å². The lowest BCUT2D eigenvalue weighted by molar-refractivity contribution is 0.0598. The van der Waals surface area contributed by atoms with Crippen molar-refractivity contribution >= 4 is 28.3 Å². The van der Waals surface area contributed by atoms with Gasteiger partial charge in [-0.25, -0.2) is 4.79 Å². The van der Waals surface area contributed by atoms with Gasteiger partial charge in [0, 0.05) is 5.39 Å². The van der Waals surface area contributed by atoms with Crippen molar-refractivity contribution in [3.05, 3.63) is 58.5 Å². The summed E-state index contributed by atoms with van der Waals surface area (Å²) < 4.78 is 5.63. The summed E-state index contributed by atoms with van der Waals surface area (Å²) in [6.45, 7) is 2.10. The van der Waals surface area contributed by atoms with Crippen molar-refractivity contribution in [1.82, 2.24) is 10.6 Å². The van der Waals surface area contributed by atoms with Gasteiger partial charge in [-0.05, 0) is 41.4 Å². The fourth-order valence-corrected chi connectivity index (χ4v) is 3.06. The lowest BCUT2D eigenvalue weighted by Crippen LogP contribution is -2.43. The molecular formula is C17H18N2O3S. The van der Waals surface area contributed by atoms with Crippen LogP contribution in [0, 0.1) is 0 Å². The van der Waals surface area contributed by atoms with Crippen LogP contribution in [0.1, 0.15) is 18.2 Å². The zero-order chi connectivity index (χ0) is 16.3. The van der Waals surface area contributed by atoms with Crippen LogP contribution in [-0.2, 0) is 12.1 Å². The zero-order valence-electron chi connectivity index (χ0n) is 12.7. The number of aliphatic hydroxyl groups is 1. The maximum absolute atomic E-state index is 11.9. The summed E-state index contributed by atoms with van der Waals surface area (Å²) in [6, 6.07) is 11.1. The van der Waals surface area contributed by atoms with Crippen LogP contribution >= 0.6 is 11.3 Å². The molecule has 0 aliphatic carbocycles. The van der Waals surface area contributed by atoms with Crippen LogP contribution in [0.25, 0.3) is 11.0 Å². The van der Waals surface area contributed by atoms with E-state index in [1.165, 1.54) is 11.3 Å². The summed E-state index contributed by atoms with van der Waals surface area (Å²) in [6.07, 6.45) is 0. The van der Waals surface area contributed by atoms with Crippen LogP contribution in [0.3, 0.4) is 0 Å². The number of fused-ring (bicyclic) bond motifs is 1. The van der Waals surface area contributed by atoms with Crippen LogP contribution in [-0.4, -0.2) is 17.7 Å². The van der Waals surface area contributed by atoms with Gasteiger partial charge in [0.05, 0.1) is 13.1 Å². The average molecular weight is 330 g/mol. The van der Waals surface area contributed by atoms with E-state index in [1.54, 1.807) is 6.92 Å². The Morgan fingerprint density at radius 1 is 1.30 bits per heavy atom. The summed E-state index contributed by atoms with van der Waals surface area (Å²) in [5.74, 6) is 0.686. The number of hydrogen-bond acceptors (Lipinski definition) is 4. The Hall–Kier alpha value is -2.31. The fraction of sp³-hybridized carbons (Fsp3) is 0.235. The Labute approximate surface area is 137 Å². The predicted octanol–water partition coefficient (Wildman–Crippen LogP) is 3.20. The topological polar surface area (TPSA) is 74.5 Å². The Balaban J connectivity index is 1.51. The van der Waals surface area contributed by atoms with E-state index in [0.29, 0.717) is 12.3 Å². The number of hydrogen-bond donors (Lipinski definition) is 3. The molecular weight excluding hydrogens is 312 g/mol. The van der Waals surface area contributed by atoms with Gasteiger partial charge in [0.2, 0.25) is 0 Å². The van der Waals surface area contributed by atoms with Crippen LogP contribution in [0.4, 0.5) is 4.79 Å². The van der Waals surface area contributed by atoms with Crippen molar-refractivity contribution in [2.24, 2.45) is 0 Å². The van der Waals surface area contributed by atoms with Gasteiger partial charge in [-0.3, -0.25) is 0 Å². The quantitative estimate of drug-likeness (QED) is 0.672. The number of thiophene rings is 1. The molecule has 0 spiro atoms. The third kappa shape index (κ3) is 3.72. The number of furan rings is 1. The van der Waals surface area contributed by atoms with Crippen molar-refractivity contribution in [3.63, 3.8) is 0 Å². The Morgan fingerprint density at radius 2 is 2.13 bits per heavy atom. The molecule has 120 valence electrons. The second-order valence-electron chi connectivity index (χ2n) is 5.57. The minimum Gasteiger partial charge on any atom is -0.459 e. The van der Waals surface area contributed by atoms with E-state index in [2.05, 4.69) is 10.6 Å². The standard InChI is InChI=1S/C17H18N2O3S/c1-17(21,13-6-7-23-10-13)11-19-16(20)18-9-14-8-12-4-2-3-5-15(12)22-14/h2-8,10,21H,9,11H2,1H3,(H2,18,19,20)/t17-/m0/s1. The SMILES string of the molecule is C[C@](O)(CNC(=O)NCc1cc2ccccc2o1)c1ccsc1. The molecule has 3 aromatic rings. The highest BCUT2D eigenvalue weighted by atomic mass is 32.1. The first-order chi connectivity index (χ1) is 11.0. The van der Waals surface area contributed by atoms with Crippen LogP contribution in [0.5, 0.6) is 0 Å². The lowest BCUT2D eigenvalue weighted by atomic mass is 9.99. The molecule has 0 saturated heterocycles. The first kappa shape index (κ1) is 15.6. The Kier molecular flexibility index (Phi) is 4.36. The summed E-state index contributed by atoms with van der Waals surface area (Å²) in [5.41, 5.74) is 0.502. The van der Waals surface area contributed by atoms with Crippen molar-refractivity contribution < 1.29 is 14.3 Å². The highest BCUT2D eigenvalue weighted by Crippen LogP contribution is 2.22. The average Bonchev–Trinajstić information content (AvgIpc) is 3.20. The maximum atomic E-state index is 11.9. The fourth-order valence-electron chi connectivity index (χ4n) is 2.28. The third-order valence-electron chi connectivity index (χ3n) is 3.64. The van der Waals surface area contributed by atoms with E-state index in [0.717, 1.165) is 16.5 Å².